The number of nitrogens with two attached hydrogens (primary N) is 1. The molecule has 0 fully saturated rings. The largest absolute Gasteiger partial charge is 0.384 e. The van der Waals surface area contributed by atoms with Gasteiger partial charge in [0.25, 0.3) is 10.0 Å². The lowest BCUT2D eigenvalue weighted by atomic mass is 10.2. The minimum absolute atomic E-state index is 0.0995. The van der Waals surface area contributed by atoms with E-state index in [4.69, 9.17) is 16.3 Å². The first-order chi connectivity index (χ1) is 5.91. The molecule has 0 bridgehead atoms. The van der Waals surface area contributed by atoms with Gasteiger partial charge in [0, 0.05) is 5.56 Å². The van der Waals surface area contributed by atoms with Crippen LogP contribution in [0, 0.1) is 5.41 Å². The summed E-state index contributed by atoms with van der Waals surface area (Å²) in [5, 5.41) is 13.8. The van der Waals surface area contributed by atoms with Gasteiger partial charge in [0.2, 0.25) is 0 Å². The smallest absolute Gasteiger partial charge is 0.254 e. The lowest BCUT2D eigenvalue weighted by molar-refractivity contribution is 0.596. The maximum Gasteiger partial charge on any atom is 0.254 e. The van der Waals surface area contributed by atoms with Crippen LogP contribution < -0.4 is 10.9 Å². The second kappa shape index (κ2) is 3.15. The molecule has 1 radical (unpaired) electrons. The minimum Gasteiger partial charge on any atom is -0.384 e. The van der Waals surface area contributed by atoms with Gasteiger partial charge in [0.1, 0.15) is 5.84 Å². The zero-order valence-electron chi connectivity index (χ0n) is 6.61. The first-order valence-corrected chi connectivity index (χ1v) is 4.83. The molecule has 0 aliphatic carbocycles. The van der Waals surface area contributed by atoms with Gasteiger partial charge in [-0.15, -0.1) is 5.14 Å². The Hall–Kier alpha value is -1.40. The monoisotopic (exact) mass is 198 g/mol. The van der Waals surface area contributed by atoms with Crippen LogP contribution >= 0.6 is 0 Å². The molecule has 0 aromatic heterocycles. The van der Waals surface area contributed by atoms with Gasteiger partial charge in [-0.3, -0.25) is 5.41 Å². The van der Waals surface area contributed by atoms with Crippen LogP contribution in [0.15, 0.2) is 29.2 Å². The van der Waals surface area contributed by atoms with Gasteiger partial charge in [-0.05, 0) is 24.3 Å². The third-order valence-corrected chi connectivity index (χ3v) is 2.37. The lowest BCUT2D eigenvalue weighted by Gasteiger charge is -1.99. The van der Waals surface area contributed by atoms with Gasteiger partial charge in [-0.25, -0.2) is 8.42 Å². The molecule has 0 saturated heterocycles. The molecule has 4 N–H and O–H groups in total. The molecule has 0 atom stereocenters. The average molecular weight is 198 g/mol. The molecule has 1 aromatic carbocycles. The summed E-state index contributed by atoms with van der Waals surface area (Å²) in [6.45, 7) is 0. The summed E-state index contributed by atoms with van der Waals surface area (Å²) in [6, 6.07) is 5.28. The van der Waals surface area contributed by atoms with E-state index >= 15 is 0 Å². The van der Waals surface area contributed by atoms with Gasteiger partial charge in [0.15, 0.2) is 0 Å². The Morgan fingerprint density at radius 2 is 1.69 bits per heavy atom. The number of sulfonamides is 1. The van der Waals surface area contributed by atoms with Crippen molar-refractivity contribution >= 4 is 15.9 Å². The second-order valence-corrected chi connectivity index (χ2v) is 3.92. The van der Waals surface area contributed by atoms with Crippen LogP contribution in [0.2, 0.25) is 0 Å². The van der Waals surface area contributed by atoms with Gasteiger partial charge in [-0.2, -0.15) is 0 Å². The number of nitrogens with one attached hydrogen (secondary N) is 2. The molecule has 1 aromatic rings. The summed E-state index contributed by atoms with van der Waals surface area (Å²) < 4.78 is 21.4. The fourth-order valence-corrected chi connectivity index (χ4v) is 1.31. The molecule has 0 heterocycles. The number of rotatable bonds is 2. The van der Waals surface area contributed by atoms with E-state index in [1.807, 2.05) is 0 Å². The van der Waals surface area contributed by atoms with E-state index in [1.54, 1.807) is 0 Å². The Labute approximate surface area is 75.9 Å². The van der Waals surface area contributed by atoms with Crippen molar-refractivity contribution in [2.24, 2.45) is 5.73 Å². The maximum absolute atomic E-state index is 10.7. The van der Waals surface area contributed by atoms with Crippen molar-refractivity contribution in [2.45, 2.75) is 4.90 Å². The molecule has 1 rings (SSSR count). The predicted octanol–water partition coefficient (Wildman–Crippen LogP) is -0.0577. The average Bonchev–Trinajstić information content (AvgIpc) is 2.03. The molecule has 0 saturated carbocycles. The van der Waals surface area contributed by atoms with Crippen molar-refractivity contribution in [1.82, 2.24) is 5.14 Å². The number of hydrogen-bond acceptors (Lipinski definition) is 3. The normalized spacial score (nSPS) is 11.2. The summed E-state index contributed by atoms with van der Waals surface area (Å²) in [5.74, 6) is -0.131. The topological polar surface area (TPSA) is 108 Å². The highest BCUT2D eigenvalue weighted by Crippen LogP contribution is 2.08. The van der Waals surface area contributed by atoms with Crippen LogP contribution in [0.25, 0.3) is 0 Å². The Morgan fingerprint density at radius 3 is 2.00 bits per heavy atom. The predicted molar refractivity (Wildman–Crippen MR) is 47.7 cm³/mol. The van der Waals surface area contributed by atoms with E-state index in [0.717, 1.165) is 0 Å². The van der Waals surface area contributed by atoms with Gasteiger partial charge >= 0.3 is 0 Å². The van der Waals surface area contributed by atoms with Crippen molar-refractivity contribution in [1.29, 1.82) is 5.41 Å². The van der Waals surface area contributed by atoms with Gasteiger partial charge in [-0.1, -0.05) is 0 Å². The molecular formula is C7H8N3O2S. The SMILES string of the molecule is [NH]S(=O)(=O)c1ccc(C(=N)N)cc1. The van der Waals surface area contributed by atoms with Gasteiger partial charge in [0.05, 0.1) is 4.90 Å². The number of hydrogen-bond donors (Lipinski definition) is 2. The maximum atomic E-state index is 10.7. The molecule has 0 aliphatic heterocycles. The van der Waals surface area contributed by atoms with Crippen LogP contribution in [0.1, 0.15) is 5.56 Å². The van der Waals surface area contributed by atoms with Crippen molar-refractivity contribution in [2.75, 3.05) is 0 Å². The lowest BCUT2D eigenvalue weighted by Crippen LogP contribution is -2.11. The Bertz CT molecular complexity index is 422. The highest BCUT2D eigenvalue weighted by Gasteiger charge is 2.07. The van der Waals surface area contributed by atoms with E-state index in [9.17, 15) is 8.42 Å². The van der Waals surface area contributed by atoms with Crippen molar-refractivity contribution in [3.05, 3.63) is 29.8 Å². The Balaban J connectivity index is 3.16. The van der Waals surface area contributed by atoms with Crippen molar-refractivity contribution in [3.8, 4) is 0 Å². The van der Waals surface area contributed by atoms with E-state index in [1.165, 1.54) is 24.3 Å². The fraction of sp³-hybridized carbons (Fsp3) is 0. The zero-order valence-corrected chi connectivity index (χ0v) is 7.43. The molecule has 0 unspecified atom stereocenters. The Morgan fingerprint density at radius 1 is 1.23 bits per heavy atom. The van der Waals surface area contributed by atoms with Gasteiger partial charge < -0.3 is 5.73 Å². The highest BCUT2D eigenvalue weighted by molar-refractivity contribution is 7.88. The molecule has 13 heavy (non-hydrogen) atoms. The fourth-order valence-electron chi connectivity index (χ4n) is 0.814. The number of benzene rings is 1. The molecule has 0 aliphatic rings. The molecule has 6 heteroatoms. The summed E-state index contributed by atoms with van der Waals surface area (Å²) in [7, 11) is -3.91. The van der Waals surface area contributed by atoms with E-state index in [2.05, 4.69) is 0 Å². The third-order valence-electron chi connectivity index (χ3n) is 1.48. The Kier molecular flexibility index (Phi) is 2.35. The van der Waals surface area contributed by atoms with E-state index < -0.39 is 10.0 Å². The first-order valence-electron chi connectivity index (χ1n) is 3.35. The summed E-state index contributed by atoms with van der Waals surface area (Å²) in [5.41, 5.74) is 5.60. The van der Waals surface area contributed by atoms with Crippen LogP contribution in [0.4, 0.5) is 0 Å². The van der Waals surface area contributed by atoms with Crippen LogP contribution in [0.5, 0.6) is 0 Å². The van der Waals surface area contributed by atoms with Crippen LogP contribution in [-0.4, -0.2) is 14.3 Å². The zero-order chi connectivity index (χ0) is 10.1. The molecule has 0 amide bonds. The standard InChI is InChI=1S/C7H8N3O2S/c8-7(9)5-1-3-6(4-2-5)13(10,11)12/h1-4,10H,(H3,8,9). The summed E-state index contributed by atoms with van der Waals surface area (Å²) in [4.78, 5) is -0.0995. The molecular weight excluding hydrogens is 190 g/mol. The van der Waals surface area contributed by atoms with Crippen LogP contribution in [0.3, 0.4) is 0 Å². The minimum atomic E-state index is -3.91. The first kappa shape index (κ1) is 9.69. The third kappa shape index (κ3) is 2.27. The molecule has 5 nitrogen and oxygen atoms in total. The second-order valence-electron chi connectivity index (χ2n) is 2.44. The molecule has 0 spiro atoms. The van der Waals surface area contributed by atoms with E-state index in [-0.39, 0.29) is 10.7 Å². The highest BCUT2D eigenvalue weighted by atomic mass is 32.2. The number of amidine groups is 1. The quantitative estimate of drug-likeness (QED) is 0.513. The van der Waals surface area contributed by atoms with E-state index in [0.29, 0.717) is 5.56 Å². The summed E-state index contributed by atoms with van der Waals surface area (Å²) in [6.07, 6.45) is 0. The van der Waals surface area contributed by atoms with Crippen molar-refractivity contribution in [3.63, 3.8) is 0 Å². The summed E-state index contributed by atoms with van der Waals surface area (Å²) >= 11 is 0. The van der Waals surface area contributed by atoms with Crippen LogP contribution in [-0.2, 0) is 10.0 Å². The molecule has 69 valence electrons. The van der Waals surface area contributed by atoms with Crippen molar-refractivity contribution < 1.29 is 8.42 Å². The number of nitrogen functional groups attached to an aromatic ring is 1.